The van der Waals surface area contributed by atoms with Crippen LogP contribution in [0.15, 0.2) is 176 Å². The highest BCUT2D eigenvalue weighted by molar-refractivity contribution is 7.27. The topological polar surface area (TPSA) is 3.24 Å². The van der Waals surface area contributed by atoms with Gasteiger partial charge in [-0.15, -0.1) is 11.3 Å². The van der Waals surface area contributed by atoms with Gasteiger partial charge in [-0.2, -0.15) is 0 Å². The zero-order valence-electron chi connectivity index (χ0n) is 26.8. The molecule has 1 aromatic heterocycles. The van der Waals surface area contributed by atoms with Gasteiger partial charge in [-0.05, 0) is 85.6 Å². The summed E-state index contributed by atoms with van der Waals surface area (Å²) in [5, 5.41) is 5.22. The molecule has 0 unspecified atom stereocenters. The Labute approximate surface area is 290 Å². The summed E-state index contributed by atoms with van der Waals surface area (Å²) < 4.78 is 2.65. The Bertz CT molecular complexity index is 2680. The number of thiophene rings is 1. The van der Waals surface area contributed by atoms with E-state index in [2.05, 4.69) is 181 Å². The lowest BCUT2D eigenvalue weighted by molar-refractivity contribution is 1.21. The minimum atomic E-state index is 0.926. The maximum atomic E-state index is 2.51. The van der Waals surface area contributed by atoms with E-state index in [4.69, 9.17) is 0 Å². The van der Waals surface area contributed by atoms with Crippen molar-refractivity contribution in [3.8, 4) is 33.4 Å². The van der Waals surface area contributed by atoms with Gasteiger partial charge in [-0.1, -0.05) is 146 Å². The first-order chi connectivity index (χ1) is 24.3. The van der Waals surface area contributed by atoms with E-state index in [1.165, 1.54) is 86.8 Å². The molecule has 0 fully saturated rings. The summed E-state index contributed by atoms with van der Waals surface area (Å²) in [6.07, 6.45) is 0.926. The largest absolute Gasteiger partial charge is 0.309 e. The third kappa shape index (κ3) is 4.60. The van der Waals surface area contributed by atoms with E-state index >= 15 is 0 Å². The van der Waals surface area contributed by atoms with Gasteiger partial charge in [0.15, 0.2) is 0 Å². The fourth-order valence-electron chi connectivity index (χ4n) is 7.76. The monoisotopic (exact) mass is 641 g/mol. The number of anilines is 3. The van der Waals surface area contributed by atoms with Gasteiger partial charge in [0, 0.05) is 27.6 Å². The van der Waals surface area contributed by atoms with Gasteiger partial charge >= 0.3 is 0 Å². The predicted octanol–water partition coefficient (Wildman–Crippen LogP) is 13.6. The molecule has 0 bridgehead atoms. The molecule has 2 heteroatoms. The van der Waals surface area contributed by atoms with Crippen LogP contribution in [0, 0.1) is 0 Å². The summed E-state index contributed by atoms with van der Waals surface area (Å²) >= 11 is 1.91. The maximum Gasteiger partial charge on any atom is 0.0640 e. The zero-order valence-corrected chi connectivity index (χ0v) is 27.6. The highest BCUT2D eigenvalue weighted by atomic mass is 32.1. The Morgan fingerprint density at radius 3 is 1.92 bits per heavy atom. The van der Waals surface area contributed by atoms with E-state index in [-0.39, 0.29) is 0 Å². The van der Waals surface area contributed by atoms with Crippen molar-refractivity contribution in [1.29, 1.82) is 0 Å². The van der Waals surface area contributed by atoms with E-state index < -0.39 is 0 Å². The SMILES string of the molecule is c1ccc(-c2cccc(-c3ccc(N(c4cccc5c4Cc4ccccc4-5)c4cccc5c4sc4c6ccccc6ccc54)cc3)c2)cc1. The first-order valence-corrected chi connectivity index (χ1v) is 17.7. The van der Waals surface area contributed by atoms with Crippen LogP contribution in [0.3, 0.4) is 0 Å². The van der Waals surface area contributed by atoms with Crippen molar-refractivity contribution in [2.24, 2.45) is 0 Å². The van der Waals surface area contributed by atoms with Gasteiger partial charge in [0.1, 0.15) is 0 Å². The first kappa shape index (κ1) is 28.1. The van der Waals surface area contributed by atoms with Crippen molar-refractivity contribution < 1.29 is 0 Å². The van der Waals surface area contributed by atoms with E-state index in [9.17, 15) is 0 Å². The lowest BCUT2D eigenvalue weighted by atomic mass is 9.98. The summed E-state index contributed by atoms with van der Waals surface area (Å²) in [7, 11) is 0. The van der Waals surface area contributed by atoms with Crippen molar-refractivity contribution in [2.75, 3.05) is 4.90 Å². The average Bonchev–Trinajstić information content (AvgIpc) is 3.76. The number of nitrogens with zero attached hydrogens (tertiary/aromatic N) is 1. The van der Waals surface area contributed by atoms with E-state index in [1.54, 1.807) is 0 Å². The predicted molar refractivity (Wildman–Crippen MR) is 211 cm³/mol. The van der Waals surface area contributed by atoms with Crippen LogP contribution in [0.25, 0.3) is 64.3 Å². The van der Waals surface area contributed by atoms with E-state index in [0.717, 1.165) is 12.1 Å². The van der Waals surface area contributed by atoms with Crippen LogP contribution < -0.4 is 4.90 Å². The lowest BCUT2D eigenvalue weighted by Crippen LogP contribution is -2.12. The van der Waals surface area contributed by atoms with Gasteiger partial charge < -0.3 is 4.90 Å². The molecule has 49 heavy (non-hydrogen) atoms. The van der Waals surface area contributed by atoms with Crippen molar-refractivity contribution in [3.05, 3.63) is 187 Å². The van der Waals surface area contributed by atoms with Crippen LogP contribution >= 0.6 is 11.3 Å². The molecule has 8 aromatic carbocycles. The standard InChI is InChI=1S/C47H31NS/c1-2-11-31(12-3-1)34-15-8-16-35(29-34)32-23-26-37(27-24-32)48(44-21-9-19-40-38-17-6-5-14-36(38)30-43(40)44)45-22-10-20-41-42-28-25-33-13-4-7-18-39(33)46(42)49-47(41)45/h1-29H,30H2. The Balaban J connectivity index is 1.16. The van der Waals surface area contributed by atoms with Crippen LogP contribution in [0.2, 0.25) is 0 Å². The highest BCUT2D eigenvalue weighted by Gasteiger charge is 2.26. The van der Waals surface area contributed by atoms with Gasteiger partial charge in [0.2, 0.25) is 0 Å². The van der Waals surface area contributed by atoms with E-state index in [1.807, 2.05) is 11.3 Å². The minimum absolute atomic E-state index is 0.926. The summed E-state index contributed by atoms with van der Waals surface area (Å²) in [6, 6.07) is 64.5. The third-order valence-electron chi connectivity index (χ3n) is 10.1. The maximum absolute atomic E-state index is 2.51. The first-order valence-electron chi connectivity index (χ1n) is 16.9. The van der Waals surface area contributed by atoms with E-state index in [0.29, 0.717) is 0 Å². The Morgan fingerprint density at radius 1 is 0.408 bits per heavy atom. The number of benzene rings is 8. The molecule has 1 nitrogen and oxygen atoms in total. The second-order valence-electron chi connectivity index (χ2n) is 12.9. The molecular formula is C47H31NS. The van der Waals surface area contributed by atoms with Crippen molar-refractivity contribution in [1.82, 2.24) is 0 Å². The Kier molecular flexibility index (Phi) is 6.50. The second kappa shape index (κ2) is 11.3. The Hall–Kier alpha value is -5.96. The second-order valence-corrected chi connectivity index (χ2v) is 13.9. The molecule has 1 heterocycles. The summed E-state index contributed by atoms with van der Waals surface area (Å²) in [4.78, 5) is 2.51. The zero-order chi connectivity index (χ0) is 32.3. The summed E-state index contributed by atoms with van der Waals surface area (Å²) in [6.45, 7) is 0. The normalized spacial score (nSPS) is 12.0. The summed E-state index contributed by atoms with van der Waals surface area (Å²) in [5.74, 6) is 0. The molecule has 10 rings (SSSR count). The molecule has 0 N–H and O–H groups in total. The van der Waals surface area contributed by atoms with Crippen LogP contribution in [0.4, 0.5) is 17.1 Å². The van der Waals surface area contributed by atoms with Gasteiger partial charge in [0.05, 0.1) is 16.1 Å². The smallest absolute Gasteiger partial charge is 0.0640 e. The third-order valence-corrected chi connectivity index (χ3v) is 11.4. The number of hydrogen-bond donors (Lipinski definition) is 0. The molecule has 0 atom stereocenters. The van der Waals surface area contributed by atoms with Crippen molar-refractivity contribution in [2.45, 2.75) is 6.42 Å². The minimum Gasteiger partial charge on any atom is -0.309 e. The molecule has 0 saturated heterocycles. The van der Waals surface area contributed by atoms with Gasteiger partial charge in [-0.3, -0.25) is 0 Å². The highest BCUT2D eigenvalue weighted by Crippen LogP contribution is 2.50. The molecule has 0 amide bonds. The summed E-state index contributed by atoms with van der Waals surface area (Å²) in [5.41, 5.74) is 13.9. The molecule has 0 radical (unpaired) electrons. The molecule has 0 spiro atoms. The van der Waals surface area contributed by atoms with Crippen LogP contribution in [-0.2, 0) is 6.42 Å². The Morgan fingerprint density at radius 2 is 1.04 bits per heavy atom. The lowest BCUT2D eigenvalue weighted by Gasteiger charge is -2.28. The van der Waals surface area contributed by atoms with Gasteiger partial charge in [-0.25, -0.2) is 0 Å². The number of fused-ring (bicyclic) bond motifs is 8. The molecule has 9 aromatic rings. The fraction of sp³-hybridized carbons (Fsp3) is 0.0213. The quantitative estimate of drug-likeness (QED) is 0.181. The molecule has 0 saturated carbocycles. The van der Waals surface area contributed by atoms with Crippen molar-refractivity contribution in [3.63, 3.8) is 0 Å². The molecule has 1 aliphatic rings. The fourth-order valence-corrected chi connectivity index (χ4v) is 9.10. The molecule has 1 aliphatic carbocycles. The van der Waals surface area contributed by atoms with Crippen LogP contribution in [-0.4, -0.2) is 0 Å². The average molecular weight is 642 g/mol. The van der Waals surface area contributed by atoms with Crippen molar-refractivity contribution >= 4 is 59.3 Å². The molecular weight excluding hydrogens is 611 g/mol. The molecule has 230 valence electrons. The molecule has 0 aliphatic heterocycles. The number of rotatable bonds is 5. The number of hydrogen-bond acceptors (Lipinski definition) is 2. The van der Waals surface area contributed by atoms with Crippen LogP contribution in [0.5, 0.6) is 0 Å². The van der Waals surface area contributed by atoms with Crippen LogP contribution in [0.1, 0.15) is 11.1 Å². The van der Waals surface area contributed by atoms with Gasteiger partial charge in [0.25, 0.3) is 0 Å².